The van der Waals surface area contributed by atoms with E-state index in [2.05, 4.69) is 4.72 Å². The first-order valence-corrected chi connectivity index (χ1v) is 19.3. The zero-order valence-corrected chi connectivity index (χ0v) is 30.5. The third kappa shape index (κ3) is 9.72. The van der Waals surface area contributed by atoms with Crippen LogP contribution in [0.15, 0.2) is 76.5 Å². The Morgan fingerprint density at radius 2 is 1.68 bits per heavy atom. The smallest absolute Gasteiger partial charge is 0.261 e. The molecule has 0 radical (unpaired) electrons. The number of nitrogens with zero attached hydrogens (tertiary/aromatic N) is 2. The molecule has 3 aromatic rings. The second-order valence-corrected chi connectivity index (χ2v) is 16.3. The zero-order chi connectivity index (χ0) is 36.6. The summed E-state index contributed by atoms with van der Waals surface area (Å²) in [4.78, 5) is 15.8. The molecule has 1 aliphatic rings. The van der Waals surface area contributed by atoms with Crippen molar-refractivity contribution in [2.24, 2.45) is 5.92 Å². The average molecular weight is 736 g/mol. The summed E-state index contributed by atoms with van der Waals surface area (Å²) < 4.78 is 88.0. The van der Waals surface area contributed by atoms with Gasteiger partial charge < -0.3 is 24.2 Å². The van der Waals surface area contributed by atoms with Crippen LogP contribution in [0.4, 0.5) is 10.1 Å². The Morgan fingerprint density at radius 3 is 2.32 bits per heavy atom. The fourth-order valence-electron chi connectivity index (χ4n) is 5.56. The minimum absolute atomic E-state index is 0.00334. The molecule has 15 heteroatoms. The number of benzene rings is 3. The van der Waals surface area contributed by atoms with Crippen LogP contribution in [0.3, 0.4) is 0 Å². The lowest BCUT2D eigenvalue weighted by Gasteiger charge is -2.35. The van der Waals surface area contributed by atoms with Gasteiger partial charge in [-0.05, 0) is 99.8 Å². The molecule has 2 N–H and O–H groups in total. The van der Waals surface area contributed by atoms with Gasteiger partial charge in [-0.2, -0.15) is 4.31 Å². The molecule has 12 nitrogen and oxygen atoms in total. The molecule has 0 spiro atoms. The molecule has 1 aliphatic heterocycles. The van der Waals surface area contributed by atoms with Gasteiger partial charge in [0.05, 0.1) is 47.3 Å². The van der Waals surface area contributed by atoms with Crippen LogP contribution in [0.5, 0.6) is 11.5 Å². The van der Waals surface area contributed by atoms with E-state index in [0.29, 0.717) is 25.2 Å². The zero-order valence-electron chi connectivity index (χ0n) is 28.9. The van der Waals surface area contributed by atoms with Crippen LogP contribution in [-0.2, 0) is 24.8 Å². The number of nitrogens with one attached hydrogen (secondary N) is 1. The van der Waals surface area contributed by atoms with Crippen molar-refractivity contribution < 1.29 is 45.3 Å². The van der Waals surface area contributed by atoms with E-state index in [1.807, 2.05) is 13.8 Å². The number of methoxy groups -OCH3 is 1. The number of hydrogen-bond donors (Lipinski definition) is 2. The third-order valence-electron chi connectivity index (χ3n) is 8.63. The van der Waals surface area contributed by atoms with Gasteiger partial charge in [0.15, 0.2) is 0 Å². The predicted octanol–water partition coefficient (Wildman–Crippen LogP) is 4.75. The number of fused-ring (bicyclic) bond motifs is 1. The minimum Gasteiger partial charge on any atom is -0.497 e. The van der Waals surface area contributed by atoms with Crippen molar-refractivity contribution in [1.29, 1.82) is 0 Å². The number of rotatable bonds is 10. The van der Waals surface area contributed by atoms with Crippen molar-refractivity contribution in [2.45, 2.75) is 68.1 Å². The number of likely N-dealkylation sites (N-methyl/N-ethyl adjacent to an activating group) is 1. The summed E-state index contributed by atoms with van der Waals surface area (Å²) in [5.74, 6) is -0.752. The Hall–Kier alpha value is -3.76. The lowest BCUT2D eigenvalue weighted by atomic mass is 10.0. The van der Waals surface area contributed by atoms with Crippen LogP contribution in [0.1, 0.15) is 50.4 Å². The fraction of sp³-hybridized carbons (Fsp3) is 0.457. The molecule has 0 saturated heterocycles. The lowest BCUT2D eigenvalue weighted by molar-refractivity contribution is -0.00834. The summed E-state index contributed by atoms with van der Waals surface area (Å²) in [6, 6.07) is 14.2. The second-order valence-electron chi connectivity index (χ2n) is 12.5. The number of aliphatic hydroxyl groups is 1. The molecule has 0 unspecified atom stereocenters. The summed E-state index contributed by atoms with van der Waals surface area (Å²) in [5, 5.41) is 10.2. The summed E-state index contributed by atoms with van der Waals surface area (Å²) in [6.45, 7) is 5.35. The van der Waals surface area contributed by atoms with Crippen molar-refractivity contribution >= 4 is 31.6 Å². The van der Waals surface area contributed by atoms with Gasteiger partial charge >= 0.3 is 0 Å². The van der Waals surface area contributed by atoms with Crippen LogP contribution in [0, 0.1) is 11.7 Å². The molecule has 0 aromatic heterocycles. The molecule has 4 atom stereocenters. The first-order chi connectivity index (χ1) is 23.7. The molecule has 0 bridgehead atoms. The highest BCUT2D eigenvalue weighted by molar-refractivity contribution is 7.92. The molecule has 50 heavy (non-hydrogen) atoms. The molecule has 274 valence electrons. The van der Waals surface area contributed by atoms with E-state index in [9.17, 15) is 31.1 Å². The quantitative estimate of drug-likeness (QED) is 0.301. The number of ether oxygens (including phenoxy) is 3. The molecular weight excluding hydrogens is 690 g/mol. The molecule has 0 saturated carbocycles. The van der Waals surface area contributed by atoms with Gasteiger partial charge in [0.2, 0.25) is 10.0 Å². The molecule has 0 aliphatic carbocycles. The van der Waals surface area contributed by atoms with Crippen LogP contribution < -0.4 is 14.2 Å². The van der Waals surface area contributed by atoms with E-state index in [-0.39, 0.29) is 52.6 Å². The standard InChI is InChI=1S/C35H46FN3O9S2/c1-24-21-39(25(2)23-40)35(41)32-20-28(37-49(42,43)30-16-12-29(46-5)13-17-30)11-18-33(32)48-26(3)8-6-7-19-47-34(24)22-38(4)50(44,45)31-14-9-27(36)10-15-31/h9-18,20,24-26,34,37,40H,6-8,19,21-23H2,1-5H3/t24-,25+,26-,34-/m1/s1. The van der Waals surface area contributed by atoms with Crippen molar-refractivity contribution in [2.75, 3.05) is 45.2 Å². The number of anilines is 1. The fourth-order valence-corrected chi connectivity index (χ4v) is 7.79. The largest absolute Gasteiger partial charge is 0.497 e. The van der Waals surface area contributed by atoms with Gasteiger partial charge in [-0.15, -0.1) is 0 Å². The van der Waals surface area contributed by atoms with E-state index in [0.717, 1.165) is 22.9 Å². The van der Waals surface area contributed by atoms with Crippen molar-refractivity contribution in [3.05, 3.63) is 78.1 Å². The SMILES string of the molecule is COc1ccc(S(=O)(=O)Nc2ccc3c(c2)C(=O)N([C@@H](C)CO)C[C@@H](C)[C@@H](CN(C)S(=O)(=O)c2ccc(F)cc2)OCCCC[C@@H](C)O3)cc1. The average Bonchev–Trinajstić information content (AvgIpc) is 3.09. The van der Waals surface area contributed by atoms with Gasteiger partial charge in [0.25, 0.3) is 15.9 Å². The Kier molecular flexibility index (Phi) is 13.2. The maximum Gasteiger partial charge on any atom is 0.261 e. The maximum absolute atomic E-state index is 14.4. The lowest BCUT2D eigenvalue weighted by Crippen LogP contribution is -2.48. The first kappa shape index (κ1) is 39.0. The molecular formula is C35H46FN3O9S2. The highest BCUT2D eigenvalue weighted by Crippen LogP contribution is 2.30. The van der Waals surface area contributed by atoms with Crippen LogP contribution in [0.25, 0.3) is 0 Å². The van der Waals surface area contributed by atoms with Crippen LogP contribution in [-0.4, -0.2) is 95.8 Å². The highest BCUT2D eigenvalue weighted by atomic mass is 32.2. The summed E-state index contributed by atoms with van der Waals surface area (Å²) in [7, 11) is -5.13. The van der Waals surface area contributed by atoms with E-state index in [1.54, 1.807) is 13.0 Å². The van der Waals surface area contributed by atoms with Gasteiger partial charge in [0, 0.05) is 38.3 Å². The van der Waals surface area contributed by atoms with Crippen LogP contribution >= 0.6 is 0 Å². The predicted molar refractivity (Wildman–Crippen MR) is 187 cm³/mol. The number of amides is 1. The molecule has 0 fully saturated rings. The number of aliphatic hydroxyl groups excluding tert-OH is 1. The first-order valence-electron chi connectivity index (χ1n) is 16.4. The Balaban J connectivity index is 1.67. The van der Waals surface area contributed by atoms with Gasteiger partial charge in [0.1, 0.15) is 17.3 Å². The molecule has 3 aromatic carbocycles. The Labute approximate surface area is 294 Å². The second kappa shape index (κ2) is 17.0. The summed E-state index contributed by atoms with van der Waals surface area (Å²) in [5.41, 5.74) is 0.216. The van der Waals surface area contributed by atoms with Crippen molar-refractivity contribution in [1.82, 2.24) is 9.21 Å². The molecule has 4 rings (SSSR count). The third-order valence-corrected chi connectivity index (χ3v) is 11.9. The van der Waals surface area contributed by atoms with Crippen molar-refractivity contribution in [3.8, 4) is 11.5 Å². The van der Waals surface area contributed by atoms with Gasteiger partial charge in [-0.25, -0.2) is 21.2 Å². The Bertz CT molecular complexity index is 1810. The summed E-state index contributed by atoms with van der Waals surface area (Å²) >= 11 is 0. The van der Waals surface area contributed by atoms with Crippen LogP contribution in [0.2, 0.25) is 0 Å². The van der Waals surface area contributed by atoms with Crippen molar-refractivity contribution in [3.63, 3.8) is 0 Å². The highest BCUT2D eigenvalue weighted by Gasteiger charge is 2.32. The Morgan fingerprint density at radius 1 is 1.02 bits per heavy atom. The number of halogens is 1. The number of carbonyl (C=O) groups excluding carboxylic acids is 1. The van der Waals surface area contributed by atoms with E-state index < -0.39 is 49.8 Å². The maximum atomic E-state index is 14.4. The number of hydrogen-bond acceptors (Lipinski definition) is 9. The van der Waals surface area contributed by atoms with E-state index >= 15 is 0 Å². The topological polar surface area (TPSA) is 152 Å². The van der Waals surface area contributed by atoms with E-state index in [1.165, 1.54) is 67.6 Å². The normalized spacial score (nSPS) is 20.4. The van der Waals surface area contributed by atoms with E-state index in [4.69, 9.17) is 14.2 Å². The molecule has 1 heterocycles. The number of carbonyl (C=O) groups is 1. The van der Waals surface area contributed by atoms with Gasteiger partial charge in [-0.1, -0.05) is 6.92 Å². The monoisotopic (exact) mass is 735 g/mol. The molecule has 1 amide bonds. The number of sulfonamides is 2. The van der Waals surface area contributed by atoms with Gasteiger partial charge in [-0.3, -0.25) is 9.52 Å². The summed E-state index contributed by atoms with van der Waals surface area (Å²) in [6.07, 6.45) is 1.05. The minimum atomic E-state index is -4.04.